The smallest absolute Gasteiger partial charge is 0.367 e. The van der Waals surface area contributed by atoms with Gasteiger partial charge in [-0.05, 0) is 11.1 Å². The van der Waals surface area contributed by atoms with Crippen LogP contribution in [0.4, 0.5) is 18.0 Å². The molecule has 1 aromatic rings. The molecule has 1 heterocycles. The van der Waals surface area contributed by atoms with Crippen LogP contribution in [-0.2, 0) is 22.7 Å². The van der Waals surface area contributed by atoms with Crippen LogP contribution in [0.15, 0.2) is 29.3 Å². The topological polar surface area (TPSA) is 95.1 Å². The van der Waals surface area contributed by atoms with Crippen molar-refractivity contribution in [2.24, 2.45) is 4.99 Å². The van der Waals surface area contributed by atoms with Crippen LogP contribution in [0.1, 0.15) is 11.1 Å². The predicted molar refractivity (Wildman–Crippen MR) is 111 cm³/mol. The second kappa shape index (κ2) is 11.8. The molecule has 0 aliphatic carbocycles. The van der Waals surface area contributed by atoms with E-state index >= 15 is 0 Å². The van der Waals surface area contributed by atoms with Gasteiger partial charge in [0.1, 0.15) is 6.61 Å². The molecule has 3 N–H and O–H groups in total. The summed E-state index contributed by atoms with van der Waals surface area (Å²) in [5, 5.41) is 8.51. The largest absolute Gasteiger partial charge is 0.411 e. The number of nitrogens with one attached hydrogen (secondary N) is 3. The molecule has 1 saturated heterocycles. The van der Waals surface area contributed by atoms with Crippen LogP contribution < -0.4 is 16.0 Å². The third kappa shape index (κ3) is 8.85. The second-order valence-corrected chi connectivity index (χ2v) is 5.98. The summed E-state index contributed by atoms with van der Waals surface area (Å²) in [4.78, 5) is 28.1. The number of hydrogen-bond donors (Lipinski definition) is 3. The van der Waals surface area contributed by atoms with Crippen LogP contribution in [0.25, 0.3) is 0 Å². The maximum Gasteiger partial charge on any atom is 0.411 e. The standard InChI is InChI=1S/C17H22F3N5O3.HI/c1-21-15(22-6-7-25-14(26)9-24-16(25)27)23-8-12-2-4-13(5-3-12)10-28-11-17(18,19)20;/h2-5H,6-11H2,1H3,(H,24,27)(H2,21,22,23);1H. The highest BCUT2D eigenvalue weighted by molar-refractivity contribution is 14.0. The first kappa shape index (κ1) is 24.9. The van der Waals surface area contributed by atoms with Gasteiger partial charge in [-0.2, -0.15) is 13.2 Å². The average Bonchev–Trinajstić information content (AvgIpc) is 2.96. The van der Waals surface area contributed by atoms with Gasteiger partial charge in [0.15, 0.2) is 5.96 Å². The Labute approximate surface area is 183 Å². The van der Waals surface area contributed by atoms with Crippen molar-refractivity contribution in [1.82, 2.24) is 20.9 Å². The minimum Gasteiger partial charge on any atom is -0.367 e. The zero-order valence-corrected chi connectivity index (χ0v) is 18.0. The van der Waals surface area contributed by atoms with Gasteiger partial charge in [0.25, 0.3) is 0 Å². The fourth-order valence-corrected chi connectivity index (χ4v) is 2.41. The number of amides is 3. The summed E-state index contributed by atoms with van der Waals surface area (Å²) in [6.45, 7) is -0.371. The SMILES string of the molecule is CN=C(NCCN1C(=O)CNC1=O)NCc1ccc(COCC(F)(F)F)cc1.I. The fourth-order valence-electron chi connectivity index (χ4n) is 2.41. The molecule has 0 aromatic heterocycles. The Balaban J connectivity index is 0.00000420. The molecule has 8 nitrogen and oxygen atoms in total. The van der Waals surface area contributed by atoms with Gasteiger partial charge in [-0.15, -0.1) is 24.0 Å². The Morgan fingerprint density at radius 1 is 1.21 bits per heavy atom. The second-order valence-electron chi connectivity index (χ2n) is 5.98. The highest BCUT2D eigenvalue weighted by atomic mass is 127. The van der Waals surface area contributed by atoms with E-state index in [1.165, 1.54) is 0 Å². The first-order chi connectivity index (χ1) is 13.3. The molecule has 1 aromatic carbocycles. The summed E-state index contributed by atoms with van der Waals surface area (Å²) in [6, 6.07) is 6.54. The summed E-state index contributed by atoms with van der Waals surface area (Å²) in [5.74, 6) is 0.221. The third-order valence-corrected chi connectivity index (χ3v) is 3.81. The molecule has 2 rings (SSSR count). The number of halogens is 4. The quantitative estimate of drug-likeness (QED) is 0.206. The van der Waals surface area contributed by atoms with Crippen LogP contribution in [0.2, 0.25) is 0 Å². The lowest BCUT2D eigenvalue weighted by molar-refractivity contribution is -0.176. The lowest BCUT2D eigenvalue weighted by Gasteiger charge is -2.15. The molecule has 12 heteroatoms. The average molecular weight is 529 g/mol. The number of nitrogens with zero attached hydrogens (tertiary/aromatic N) is 2. The third-order valence-electron chi connectivity index (χ3n) is 3.81. The number of aliphatic imine (C=N–C) groups is 1. The molecule has 1 aliphatic heterocycles. The summed E-state index contributed by atoms with van der Waals surface area (Å²) in [7, 11) is 1.59. The number of guanidine groups is 1. The van der Waals surface area contributed by atoms with E-state index in [9.17, 15) is 22.8 Å². The van der Waals surface area contributed by atoms with Crippen LogP contribution in [-0.4, -0.2) is 62.3 Å². The van der Waals surface area contributed by atoms with Crippen molar-refractivity contribution in [1.29, 1.82) is 0 Å². The highest BCUT2D eigenvalue weighted by Crippen LogP contribution is 2.15. The molecule has 0 bridgehead atoms. The van der Waals surface area contributed by atoms with E-state index in [0.717, 1.165) is 10.5 Å². The molecular weight excluding hydrogens is 506 g/mol. The molecule has 29 heavy (non-hydrogen) atoms. The van der Waals surface area contributed by atoms with Crippen LogP contribution in [0.3, 0.4) is 0 Å². The van der Waals surface area contributed by atoms with Gasteiger partial charge < -0.3 is 20.7 Å². The van der Waals surface area contributed by atoms with Gasteiger partial charge >= 0.3 is 12.2 Å². The minimum atomic E-state index is -4.33. The van der Waals surface area contributed by atoms with Crippen molar-refractivity contribution >= 4 is 41.9 Å². The first-order valence-electron chi connectivity index (χ1n) is 8.53. The number of benzene rings is 1. The van der Waals surface area contributed by atoms with Crippen LogP contribution >= 0.6 is 24.0 Å². The molecule has 1 aliphatic rings. The van der Waals surface area contributed by atoms with Crippen molar-refractivity contribution in [3.05, 3.63) is 35.4 Å². The Bertz CT molecular complexity index is 697. The maximum absolute atomic E-state index is 12.1. The van der Waals surface area contributed by atoms with Crippen molar-refractivity contribution in [3.8, 4) is 0 Å². The van der Waals surface area contributed by atoms with E-state index in [2.05, 4.69) is 25.7 Å². The van der Waals surface area contributed by atoms with Gasteiger partial charge in [0.2, 0.25) is 5.91 Å². The van der Waals surface area contributed by atoms with E-state index < -0.39 is 18.8 Å². The van der Waals surface area contributed by atoms with Gasteiger partial charge in [0, 0.05) is 26.7 Å². The number of rotatable bonds is 8. The van der Waals surface area contributed by atoms with Crippen LogP contribution in [0.5, 0.6) is 0 Å². The monoisotopic (exact) mass is 529 g/mol. The van der Waals surface area contributed by atoms with E-state index in [0.29, 0.717) is 24.6 Å². The molecular formula is C17H23F3IN5O3. The molecule has 3 amide bonds. The predicted octanol–water partition coefficient (Wildman–Crippen LogP) is 1.60. The Morgan fingerprint density at radius 2 is 1.86 bits per heavy atom. The Hall–Kier alpha value is -2.09. The number of carbonyl (C=O) groups is 2. The summed E-state index contributed by atoms with van der Waals surface area (Å²) >= 11 is 0. The maximum atomic E-state index is 12.1. The number of imide groups is 1. The summed E-state index contributed by atoms with van der Waals surface area (Å²) in [6.07, 6.45) is -4.33. The fraction of sp³-hybridized carbons (Fsp3) is 0.471. The molecule has 0 saturated carbocycles. The molecule has 0 spiro atoms. The summed E-state index contributed by atoms with van der Waals surface area (Å²) < 4.78 is 40.8. The van der Waals surface area contributed by atoms with Gasteiger partial charge in [-0.25, -0.2) is 4.79 Å². The zero-order valence-electron chi connectivity index (χ0n) is 15.7. The minimum absolute atomic E-state index is 0. The number of ether oxygens (including phenoxy) is 1. The number of carbonyl (C=O) groups excluding carboxylic acids is 2. The molecule has 0 atom stereocenters. The van der Waals surface area contributed by atoms with E-state index in [4.69, 9.17) is 0 Å². The van der Waals surface area contributed by atoms with Gasteiger partial charge in [0.05, 0.1) is 13.2 Å². The van der Waals surface area contributed by atoms with Crippen molar-refractivity contribution in [2.45, 2.75) is 19.3 Å². The summed E-state index contributed by atoms with van der Waals surface area (Å²) in [5.41, 5.74) is 1.54. The van der Waals surface area contributed by atoms with E-state index in [1.54, 1.807) is 31.3 Å². The Morgan fingerprint density at radius 3 is 2.41 bits per heavy atom. The molecule has 0 radical (unpaired) electrons. The number of hydrogen-bond acceptors (Lipinski definition) is 4. The van der Waals surface area contributed by atoms with Crippen molar-refractivity contribution in [2.75, 3.05) is 33.3 Å². The van der Waals surface area contributed by atoms with E-state index in [-0.39, 0.29) is 49.6 Å². The van der Waals surface area contributed by atoms with Crippen LogP contribution in [0, 0.1) is 0 Å². The van der Waals surface area contributed by atoms with E-state index in [1.807, 2.05) is 0 Å². The first-order valence-corrected chi connectivity index (χ1v) is 8.53. The molecule has 0 unspecified atom stereocenters. The lowest BCUT2D eigenvalue weighted by atomic mass is 10.1. The zero-order chi connectivity index (χ0) is 20.6. The molecule has 1 fully saturated rings. The normalized spacial score (nSPS) is 14.5. The highest BCUT2D eigenvalue weighted by Gasteiger charge is 2.28. The van der Waals surface area contributed by atoms with Gasteiger partial charge in [-0.3, -0.25) is 14.7 Å². The number of alkyl halides is 3. The van der Waals surface area contributed by atoms with Crippen molar-refractivity contribution in [3.63, 3.8) is 0 Å². The number of urea groups is 1. The van der Waals surface area contributed by atoms with Crippen molar-refractivity contribution < 1.29 is 27.5 Å². The molecule has 162 valence electrons. The van der Waals surface area contributed by atoms with Gasteiger partial charge in [-0.1, -0.05) is 24.3 Å². The Kier molecular flexibility index (Phi) is 10.2. The lowest BCUT2D eigenvalue weighted by Crippen LogP contribution is -2.43.